The fourth-order valence-corrected chi connectivity index (χ4v) is 1.14. The second-order valence-corrected chi connectivity index (χ2v) is 3.44. The molecule has 0 radical (unpaired) electrons. The molecule has 0 aromatic rings. The van der Waals surface area contributed by atoms with Crippen molar-refractivity contribution in [3.8, 4) is 0 Å². The Balaban J connectivity index is 4.29. The maximum atomic E-state index is 10.8. The third-order valence-corrected chi connectivity index (χ3v) is 1.97. The molecule has 92 valence electrons. The van der Waals surface area contributed by atoms with Gasteiger partial charge >= 0.3 is 11.9 Å². The van der Waals surface area contributed by atoms with Crippen LogP contribution in [0.5, 0.6) is 0 Å². The van der Waals surface area contributed by atoms with Gasteiger partial charge in [0.25, 0.3) is 0 Å². The summed E-state index contributed by atoms with van der Waals surface area (Å²) in [6.07, 6.45) is -0.344. The van der Waals surface area contributed by atoms with Crippen LogP contribution in [-0.2, 0) is 9.59 Å². The number of nitrogens with two attached hydrogens (primary N) is 3. The van der Waals surface area contributed by atoms with E-state index in [9.17, 15) is 9.59 Å². The standard InChI is InChI=1S/C8H16N4O4/c9-7(10)12-3-1-2-8(11,6(15)16)4-5(13)14/h1-4,11H2,(H,13,14)(H,15,16)(H4,9,10,12). The summed E-state index contributed by atoms with van der Waals surface area (Å²) in [6.45, 7) is 0.216. The minimum Gasteiger partial charge on any atom is -0.481 e. The molecule has 0 saturated carbocycles. The van der Waals surface area contributed by atoms with E-state index in [1.807, 2.05) is 0 Å². The Kier molecular flexibility index (Phi) is 5.23. The predicted octanol–water partition coefficient (Wildman–Crippen LogP) is -1.70. The summed E-state index contributed by atoms with van der Waals surface area (Å²) < 4.78 is 0. The van der Waals surface area contributed by atoms with E-state index in [0.717, 1.165) is 0 Å². The largest absolute Gasteiger partial charge is 0.481 e. The van der Waals surface area contributed by atoms with Gasteiger partial charge in [0.2, 0.25) is 0 Å². The van der Waals surface area contributed by atoms with Crippen LogP contribution in [0.4, 0.5) is 0 Å². The number of carboxylic acids is 2. The minimum absolute atomic E-state index is 0.00852. The van der Waals surface area contributed by atoms with Crippen molar-refractivity contribution in [3.63, 3.8) is 0 Å². The number of guanidine groups is 1. The predicted molar refractivity (Wildman–Crippen MR) is 56.7 cm³/mol. The van der Waals surface area contributed by atoms with Crippen molar-refractivity contribution in [2.24, 2.45) is 22.2 Å². The fraction of sp³-hybridized carbons (Fsp3) is 0.625. The molecule has 0 saturated heterocycles. The molecule has 0 spiro atoms. The van der Waals surface area contributed by atoms with E-state index in [1.54, 1.807) is 0 Å². The molecule has 0 bridgehead atoms. The number of hydrogen-bond acceptors (Lipinski definition) is 4. The van der Waals surface area contributed by atoms with Crippen molar-refractivity contribution < 1.29 is 19.8 Å². The first-order valence-corrected chi connectivity index (χ1v) is 4.57. The molecule has 16 heavy (non-hydrogen) atoms. The van der Waals surface area contributed by atoms with Crippen LogP contribution >= 0.6 is 0 Å². The zero-order valence-corrected chi connectivity index (χ0v) is 8.72. The zero-order valence-electron chi connectivity index (χ0n) is 8.72. The van der Waals surface area contributed by atoms with Crippen molar-refractivity contribution in [3.05, 3.63) is 0 Å². The number of aliphatic carboxylic acids is 2. The van der Waals surface area contributed by atoms with Gasteiger partial charge in [-0.05, 0) is 12.8 Å². The topological polar surface area (TPSA) is 165 Å². The van der Waals surface area contributed by atoms with Crippen LogP contribution < -0.4 is 17.2 Å². The fourth-order valence-electron chi connectivity index (χ4n) is 1.14. The monoisotopic (exact) mass is 232 g/mol. The third kappa shape index (κ3) is 5.15. The lowest BCUT2D eigenvalue weighted by Crippen LogP contribution is -2.49. The van der Waals surface area contributed by atoms with Gasteiger partial charge in [0.15, 0.2) is 5.96 Å². The van der Waals surface area contributed by atoms with Crippen LogP contribution in [0.2, 0.25) is 0 Å². The Labute approximate surface area is 92.1 Å². The summed E-state index contributed by atoms with van der Waals surface area (Å²) in [5.41, 5.74) is 13.8. The molecule has 0 aromatic carbocycles. The van der Waals surface area contributed by atoms with Crippen LogP contribution in [-0.4, -0.2) is 40.2 Å². The number of carboxylic acid groups (broad SMARTS) is 2. The maximum absolute atomic E-state index is 10.8. The first kappa shape index (κ1) is 14.2. The lowest BCUT2D eigenvalue weighted by molar-refractivity contribution is -0.150. The molecule has 8 heteroatoms. The Hall–Kier alpha value is -1.83. The molecule has 0 aromatic heterocycles. The Morgan fingerprint density at radius 2 is 1.81 bits per heavy atom. The molecule has 0 aliphatic carbocycles. The van der Waals surface area contributed by atoms with Crippen LogP contribution in [0.1, 0.15) is 19.3 Å². The van der Waals surface area contributed by atoms with Crippen molar-refractivity contribution in [2.45, 2.75) is 24.8 Å². The molecule has 8 nitrogen and oxygen atoms in total. The van der Waals surface area contributed by atoms with Gasteiger partial charge in [-0.2, -0.15) is 0 Å². The van der Waals surface area contributed by atoms with Gasteiger partial charge in [-0.3, -0.25) is 14.6 Å². The molecule has 0 aliphatic heterocycles. The van der Waals surface area contributed by atoms with Crippen molar-refractivity contribution >= 4 is 17.9 Å². The van der Waals surface area contributed by atoms with Crippen LogP contribution in [0.3, 0.4) is 0 Å². The quantitative estimate of drug-likeness (QED) is 0.198. The zero-order chi connectivity index (χ0) is 12.8. The summed E-state index contributed by atoms with van der Waals surface area (Å²) in [6, 6.07) is 0. The highest BCUT2D eigenvalue weighted by molar-refractivity contribution is 5.84. The summed E-state index contributed by atoms with van der Waals surface area (Å²) in [5, 5.41) is 17.3. The smallest absolute Gasteiger partial charge is 0.324 e. The van der Waals surface area contributed by atoms with Crippen LogP contribution in [0.15, 0.2) is 4.99 Å². The second-order valence-electron chi connectivity index (χ2n) is 3.44. The maximum Gasteiger partial charge on any atom is 0.324 e. The van der Waals surface area contributed by atoms with Crippen molar-refractivity contribution in [1.82, 2.24) is 0 Å². The molecule has 8 N–H and O–H groups in total. The van der Waals surface area contributed by atoms with Gasteiger partial charge in [0.05, 0.1) is 6.42 Å². The van der Waals surface area contributed by atoms with E-state index in [2.05, 4.69) is 4.99 Å². The first-order chi connectivity index (χ1) is 7.28. The van der Waals surface area contributed by atoms with E-state index in [-0.39, 0.29) is 18.9 Å². The van der Waals surface area contributed by atoms with Gasteiger partial charge < -0.3 is 27.4 Å². The molecule has 0 aliphatic rings. The second kappa shape index (κ2) is 5.91. The number of aliphatic imine (C=N–C) groups is 1. The number of carbonyl (C=O) groups is 2. The van der Waals surface area contributed by atoms with Gasteiger partial charge in [0.1, 0.15) is 5.54 Å². The molecule has 0 heterocycles. The SMILES string of the molecule is NC(N)=NCCCC(N)(CC(=O)O)C(=O)O. The Morgan fingerprint density at radius 3 is 2.19 bits per heavy atom. The Bertz CT molecular complexity index is 300. The van der Waals surface area contributed by atoms with E-state index in [4.69, 9.17) is 27.4 Å². The molecule has 1 atom stereocenters. The lowest BCUT2D eigenvalue weighted by atomic mass is 9.91. The average molecular weight is 232 g/mol. The summed E-state index contributed by atoms with van der Waals surface area (Å²) in [4.78, 5) is 24.9. The number of nitrogens with zero attached hydrogens (tertiary/aromatic N) is 1. The van der Waals surface area contributed by atoms with E-state index < -0.39 is 23.9 Å². The third-order valence-electron chi connectivity index (χ3n) is 1.97. The molecular weight excluding hydrogens is 216 g/mol. The summed E-state index contributed by atoms with van der Waals surface area (Å²) in [7, 11) is 0. The van der Waals surface area contributed by atoms with Gasteiger partial charge in [-0.15, -0.1) is 0 Å². The van der Waals surface area contributed by atoms with E-state index >= 15 is 0 Å². The first-order valence-electron chi connectivity index (χ1n) is 4.57. The molecule has 0 amide bonds. The Morgan fingerprint density at radius 1 is 1.25 bits per heavy atom. The summed E-state index contributed by atoms with van der Waals surface area (Å²) >= 11 is 0. The highest BCUT2D eigenvalue weighted by Crippen LogP contribution is 2.15. The molecule has 0 rings (SSSR count). The lowest BCUT2D eigenvalue weighted by Gasteiger charge is -2.22. The number of rotatable bonds is 7. The highest BCUT2D eigenvalue weighted by Gasteiger charge is 2.35. The van der Waals surface area contributed by atoms with Crippen molar-refractivity contribution in [1.29, 1.82) is 0 Å². The van der Waals surface area contributed by atoms with Gasteiger partial charge in [-0.25, -0.2) is 0 Å². The number of hydrogen-bond donors (Lipinski definition) is 5. The van der Waals surface area contributed by atoms with Gasteiger partial charge in [0, 0.05) is 6.54 Å². The molecular formula is C8H16N4O4. The van der Waals surface area contributed by atoms with E-state index in [0.29, 0.717) is 6.42 Å². The van der Waals surface area contributed by atoms with Crippen LogP contribution in [0.25, 0.3) is 0 Å². The molecule has 1 unspecified atom stereocenters. The summed E-state index contributed by atoms with van der Waals surface area (Å²) in [5.74, 6) is -2.71. The van der Waals surface area contributed by atoms with E-state index in [1.165, 1.54) is 0 Å². The average Bonchev–Trinajstić information content (AvgIpc) is 2.10. The van der Waals surface area contributed by atoms with Gasteiger partial charge in [-0.1, -0.05) is 0 Å². The van der Waals surface area contributed by atoms with Crippen molar-refractivity contribution in [2.75, 3.05) is 6.54 Å². The minimum atomic E-state index is -1.77. The highest BCUT2D eigenvalue weighted by atomic mass is 16.4. The molecule has 0 fully saturated rings. The normalized spacial score (nSPS) is 13.8. The van der Waals surface area contributed by atoms with Crippen LogP contribution in [0, 0.1) is 0 Å².